The van der Waals surface area contributed by atoms with Crippen molar-refractivity contribution in [1.29, 1.82) is 0 Å². The van der Waals surface area contributed by atoms with Crippen LogP contribution in [0.4, 0.5) is 0 Å². The van der Waals surface area contributed by atoms with Crippen LogP contribution in [0, 0.1) is 12.8 Å². The summed E-state index contributed by atoms with van der Waals surface area (Å²) in [4.78, 5) is 11.0. The van der Waals surface area contributed by atoms with E-state index < -0.39 is 0 Å². The van der Waals surface area contributed by atoms with Crippen molar-refractivity contribution in [2.75, 3.05) is 13.1 Å². The van der Waals surface area contributed by atoms with Crippen molar-refractivity contribution in [3.8, 4) is 0 Å². The van der Waals surface area contributed by atoms with Crippen molar-refractivity contribution in [2.45, 2.75) is 53.5 Å². The molecule has 0 saturated heterocycles. The molecule has 1 aromatic heterocycles. The molecule has 0 saturated carbocycles. The van der Waals surface area contributed by atoms with Crippen LogP contribution >= 0.6 is 0 Å². The fourth-order valence-electron chi connectivity index (χ4n) is 3.05. The standard InChI is InChI=1S/C18H29N3/c1-6-8-11-21(7-2)17(13(3)4)18-19-15-10-9-14(5)12-16(15)20-18/h9-10,12-13,17H,6-8,11H2,1-5H3,(H,19,20). The quantitative estimate of drug-likeness (QED) is 0.801. The zero-order valence-corrected chi connectivity index (χ0v) is 14.1. The van der Waals surface area contributed by atoms with Gasteiger partial charge in [0, 0.05) is 0 Å². The summed E-state index contributed by atoms with van der Waals surface area (Å²) in [5.41, 5.74) is 3.51. The van der Waals surface area contributed by atoms with E-state index in [1.807, 2.05) is 0 Å². The van der Waals surface area contributed by atoms with E-state index in [1.54, 1.807) is 0 Å². The summed E-state index contributed by atoms with van der Waals surface area (Å²) in [6, 6.07) is 6.80. The van der Waals surface area contributed by atoms with Gasteiger partial charge < -0.3 is 4.98 Å². The first kappa shape index (κ1) is 16.0. The molecule has 21 heavy (non-hydrogen) atoms. The molecular formula is C18H29N3. The first-order valence-corrected chi connectivity index (χ1v) is 8.27. The Morgan fingerprint density at radius 3 is 2.62 bits per heavy atom. The van der Waals surface area contributed by atoms with Crippen LogP contribution < -0.4 is 0 Å². The van der Waals surface area contributed by atoms with Gasteiger partial charge >= 0.3 is 0 Å². The van der Waals surface area contributed by atoms with E-state index in [0.717, 1.165) is 29.9 Å². The molecule has 1 atom stereocenters. The molecule has 0 radical (unpaired) electrons. The fraction of sp³-hybridized carbons (Fsp3) is 0.611. The third-order valence-corrected chi connectivity index (χ3v) is 4.17. The molecule has 116 valence electrons. The number of hydrogen-bond donors (Lipinski definition) is 1. The lowest BCUT2D eigenvalue weighted by Crippen LogP contribution is -2.33. The number of nitrogens with zero attached hydrogens (tertiary/aromatic N) is 2. The normalized spacial score (nSPS) is 13.5. The molecule has 2 aromatic rings. The summed E-state index contributed by atoms with van der Waals surface area (Å²) in [5.74, 6) is 1.66. The van der Waals surface area contributed by atoms with E-state index in [9.17, 15) is 0 Å². The van der Waals surface area contributed by atoms with Gasteiger partial charge in [0.05, 0.1) is 17.1 Å². The lowest BCUT2D eigenvalue weighted by Gasteiger charge is -2.32. The fourth-order valence-corrected chi connectivity index (χ4v) is 3.05. The van der Waals surface area contributed by atoms with E-state index in [2.05, 4.69) is 62.7 Å². The molecule has 1 heterocycles. The number of benzene rings is 1. The van der Waals surface area contributed by atoms with Crippen LogP contribution in [-0.4, -0.2) is 28.0 Å². The number of unbranched alkanes of at least 4 members (excludes halogenated alkanes) is 1. The van der Waals surface area contributed by atoms with E-state index >= 15 is 0 Å². The summed E-state index contributed by atoms with van der Waals surface area (Å²) in [6.45, 7) is 13.4. The number of aryl methyl sites for hydroxylation is 1. The van der Waals surface area contributed by atoms with E-state index in [1.165, 1.54) is 18.4 Å². The van der Waals surface area contributed by atoms with Crippen molar-refractivity contribution in [2.24, 2.45) is 5.92 Å². The molecule has 0 amide bonds. The van der Waals surface area contributed by atoms with Crippen LogP contribution in [0.15, 0.2) is 18.2 Å². The number of fused-ring (bicyclic) bond motifs is 1. The smallest absolute Gasteiger partial charge is 0.124 e. The second-order valence-corrected chi connectivity index (χ2v) is 6.31. The zero-order valence-electron chi connectivity index (χ0n) is 14.1. The summed E-state index contributed by atoms with van der Waals surface area (Å²) in [7, 11) is 0. The maximum absolute atomic E-state index is 4.86. The van der Waals surface area contributed by atoms with E-state index in [4.69, 9.17) is 4.98 Å². The van der Waals surface area contributed by atoms with Crippen LogP contribution in [0.5, 0.6) is 0 Å². The third-order valence-electron chi connectivity index (χ3n) is 4.17. The van der Waals surface area contributed by atoms with Crippen LogP contribution in [0.1, 0.15) is 58.0 Å². The second-order valence-electron chi connectivity index (χ2n) is 6.31. The Balaban J connectivity index is 2.34. The number of nitrogens with one attached hydrogen (secondary N) is 1. The maximum Gasteiger partial charge on any atom is 0.124 e. The average Bonchev–Trinajstić information content (AvgIpc) is 2.84. The first-order valence-electron chi connectivity index (χ1n) is 8.27. The lowest BCUT2D eigenvalue weighted by atomic mass is 10.0. The molecule has 0 aliphatic rings. The number of imidazole rings is 1. The molecule has 0 bridgehead atoms. The summed E-state index contributed by atoms with van der Waals surface area (Å²) >= 11 is 0. The van der Waals surface area contributed by atoms with Gasteiger partial charge in [0.2, 0.25) is 0 Å². The molecule has 0 aliphatic carbocycles. The molecule has 3 heteroatoms. The lowest BCUT2D eigenvalue weighted by molar-refractivity contribution is 0.154. The minimum atomic E-state index is 0.370. The number of H-pyrrole nitrogens is 1. The highest BCUT2D eigenvalue weighted by molar-refractivity contribution is 5.75. The predicted octanol–water partition coefficient (Wildman–Crippen LogP) is 4.69. The Kier molecular flexibility index (Phi) is 5.40. The largest absolute Gasteiger partial charge is 0.341 e. The highest BCUT2D eigenvalue weighted by atomic mass is 15.2. The Morgan fingerprint density at radius 1 is 1.24 bits per heavy atom. The number of hydrogen-bond acceptors (Lipinski definition) is 2. The van der Waals surface area contributed by atoms with Gasteiger partial charge in [-0.25, -0.2) is 4.98 Å². The number of aromatic amines is 1. The molecule has 1 N–H and O–H groups in total. The molecule has 0 fully saturated rings. The van der Waals surface area contributed by atoms with Crippen molar-refractivity contribution in [1.82, 2.24) is 14.9 Å². The predicted molar refractivity (Wildman–Crippen MR) is 90.6 cm³/mol. The highest BCUT2D eigenvalue weighted by Crippen LogP contribution is 2.28. The minimum Gasteiger partial charge on any atom is -0.341 e. The van der Waals surface area contributed by atoms with Crippen molar-refractivity contribution >= 4 is 11.0 Å². The summed E-state index contributed by atoms with van der Waals surface area (Å²) in [6.07, 6.45) is 2.48. The monoisotopic (exact) mass is 287 g/mol. The van der Waals surface area contributed by atoms with Gasteiger partial charge in [0.15, 0.2) is 0 Å². The van der Waals surface area contributed by atoms with Crippen LogP contribution in [0.25, 0.3) is 11.0 Å². The topological polar surface area (TPSA) is 31.9 Å². The van der Waals surface area contributed by atoms with Gasteiger partial charge in [-0.1, -0.05) is 40.2 Å². The Morgan fingerprint density at radius 2 is 2.00 bits per heavy atom. The van der Waals surface area contributed by atoms with Gasteiger partial charge in [-0.15, -0.1) is 0 Å². The summed E-state index contributed by atoms with van der Waals surface area (Å²) in [5, 5.41) is 0. The molecule has 1 unspecified atom stereocenters. The van der Waals surface area contributed by atoms with Crippen LogP contribution in [-0.2, 0) is 0 Å². The van der Waals surface area contributed by atoms with Crippen LogP contribution in [0.2, 0.25) is 0 Å². The summed E-state index contributed by atoms with van der Waals surface area (Å²) < 4.78 is 0. The van der Waals surface area contributed by atoms with Gasteiger partial charge in [0.25, 0.3) is 0 Å². The van der Waals surface area contributed by atoms with E-state index in [-0.39, 0.29) is 0 Å². The first-order chi connectivity index (χ1) is 10.1. The van der Waals surface area contributed by atoms with Crippen molar-refractivity contribution < 1.29 is 0 Å². The Labute approximate surface area is 128 Å². The van der Waals surface area contributed by atoms with Gasteiger partial charge in [0.1, 0.15) is 5.82 Å². The third kappa shape index (κ3) is 3.65. The Hall–Kier alpha value is -1.35. The molecule has 0 spiro atoms. The van der Waals surface area contributed by atoms with Crippen molar-refractivity contribution in [3.05, 3.63) is 29.6 Å². The zero-order chi connectivity index (χ0) is 15.4. The molecule has 3 nitrogen and oxygen atoms in total. The van der Waals surface area contributed by atoms with Crippen molar-refractivity contribution in [3.63, 3.8) is 0 Å². The van der Waals surface area contributed by atoms with Crippen LogP contribution in [0.3, 0.4) is 0 Å². The van der Waals surface area contributed by atoms with E-state index in [0.29, 0.717) is 12.0 Å². The highest BCUT2D eigenvalue weighted by Gasteiger charge is 2.25. The second kappa shape index (κ2) is 7.08. The van der Waals surface area contributed by atoms with Gasteiger partial charge in [-0.2, -0.15) is 0 Å². The molecular weight excluding hydrogens is 258 g/mol. The molecule has 2 rings (SSSR count). The average molecular weight is 287 g/mol. The maximum atomic E-state index is 4.86. The number of rotatable bonds is 7. The van der Waals surface area contributed by atoms with Gasteiger partial charge in [-0.05, 0) is 50.0 Å². The number of aromatic nitrogens is 2. The Bertz CT molecular complexity index is 571. The van der Waals surface area contributed by atoms with Gasteiger partial charge in [-0.3, -0.25) is 4.90 Å². The molecule has 0 aliphatic heterocycles. The SMILES string of the molecule is CCCCN(CC)C(c1nc2ccc(C)cc2[nH]1)C(C)C. The molecule has 1 aromatic carbocycles. The minimum absolute atomic E-state index is 0.370.